The molecule has 0 saturated carbocycles. The number of hydrogen-bond acceptors (Lipinski definition) is 6. The summed E-state index contributed by atoms with van der Waals surface area (Å²) in [6, 6.07) is 14.6. The Kier molecular flexibility index (Phi) is 5.71. The minimum atomic E-state index is -0.0594. The van der Waals surface area contributed by atoms with E-state index in [-0.39, 0.29) is 18.2 Å². The fourth-order valence-corrected chi connectivity index (χ4v) is 4.31. The molecule has 0 spiro atoms. The first-order valence-corrected chi connectivity index (χ1v) is 10.1. The van der Waals surface area contributed by atoms with Crippen LogP contribution in [-0.2, 0) is 0 Å². The van der Waals surface area contributed by atoms with Crippen LogP contribution in [-0.4, -0.2) is 56.9 Å². The fourth-order valence-electron chi connectivity index (χ4n) is 4.31. The van der Waals surface area contributed by atoms with Gasteiger partial charge in [-0.1, -0.05) is 12.1 Å². The molecule has 2 aromatic rings. The van der Waals surface area contributed by atoms with Gasteiger partial charge in [0.2, 0.25) is 0 Å². The van der Waals surface area contributed by atoms with E-state index < -0.39 is 0 Å². The smallest absolute Gasteiger partial charge is 0.251 e. The van der Waals surface area contributed by atoms with Crippen LogP contribution in [0.2, 0.25) is 0 Å². The Morgan fingerprint density at radius 3 is 2.66 bits per heavy atom. The molecule has 3 unspecified atom stereocenters. The third-order valence-electron chi connectivity index (χ3n) is 5.85. The minimum absolute atomic E-state index is 0.0594. The zero-order valence-corrected chi connectivity index (χ0v) is 17.2. The predicted octanol–water partition coefficient (Wildman–Crippen LogP) is 1.68. The molecule has 2 aromatic carbocycles. The second kappa shape index (κ2) is 8.41. The lowest BCUT2D eigenvalue weighted by molar-refractivity contribution is 0.0962. The second-order valence-electron chi connectivity index (χ2n) is 7.56. The Balaban J connectivity index is 1.47. The summed E-state index contributed by atoms with van der Waals surface area (Å²) in [6.45, 7) is 4.77. The van der Waals surface area contributed by atoms with Crippen molar-refractivity contribution in [1.82, 2.24) is 20.9 Å². The average Bonchev–Trinajstić information content (AvgIpc) is 3.18. The molecule has 2 saturated heterocycles. The summed E-state index contributed by atoms with van der Waals surface area (Å²) >= 11 is 0. The van der Waals surface area contributed by atoms with Gasteiger partial charge in [0.25, 0.3) is 5.91 Å². The highest BCUT2D eigenvalue weighted by Gasteiger charge is 2.40. The number of carbonyl (C=O) groups is 1. The van der Waals surface area contributed by atoms with Crippen molar-refractivity contribution in [3.63, 3.8) is 0 Å². The number of nitrogens with one attached hydrogen (secondary N) is 4. The van der Waals surface area contributed by atoms with Crippen LogP contribution in [0.4, 0.5) is 5.69 Å². The topological polar surface area (TPSA) is 77.7 Å². The van der Waals surface area contributed by atoms with Crippen molar-refractivity contribution < 1.29 is 9.53 Å². The van der Waals surface area contributed by atoms with E-state index in [2.05, 4.69) is 38.3 Å². The summed E-state index contributed by atoms with van der Waals surface area (Å²) in [5, 5.41) is 13.5. The maximum Gasteiger partial charge on any atom is 0.251 e. The van der Waals surface area contributed by atoms with Crippen molar-refractivity contribution in [1.29, 1.82) is 0 Å². The first kappa shape index (κ1) is 19.7. The molecule has 4 rings (SSSR count). The molecule has 1 amide bonds. The third-order valence-corrected chi connectivity index (χ3v) is 5.85. The van der Waals surface area contributed by atoms with Crippen LogP contribution in [0.15, 0.2) is 42.5 Å². The molecule has 7 nitrogen and oxygen atoms in total. The zero-order chi connectivity index (χ0) is 20.4. The largest absolute Gasteiger partial charge is 0.497 e. The maximum atomic E-state index is 11.9. The summed E-state index contributed by atoms with van der Waals surface area (Å²) in [5.74, 6) is 0.822. The number of aryl methyl sites for hydroxylation is 1. The second-order valence-corrected chi connectivity index (χ2v) is 7.56. The van der Waals surface area contributed by atoms with Gasteiger partial charge in [-0.05, 0) is 48.4 Å². The van der Waals surface area contributed by atoms with Gasteiger partial charge in [-0.2, -0.15) is 0 Å². The normalized spacial score (nSPS) is 24.0. The van der Waals surface area contributed by atoms with Crippen LogP contribution >= 0.6 is 0 Å². The number of hydrogen-bond donors (Lipinski definition) is 4. The van der Waals surface area contributed by atoms with E-state index in [1.807, 2.05) is 37.3 Å². The van der Waals surface area contributed by atoms with Crippen molar-refractivity contribution in [2.24, 2.45) is 0 Å². The van der Waals surface area contributed by atoms with Crippen LogP contribution in [0.25, 0.3) is 0 Å². The highest BCUT2D eigenvalue weighted by molar-refractivity contribution is 5.95. The Morgan fingerprint density at radius 2 is 1.97 bits per heavy atom. The van der Waals surface area contributed by atoms with Gasteiger partial charge in [0.1, 0.15) is 11.9 Å². The summed E-state index contributed by atoms with van der Waals surface area (Å²) in [4.78, 5) is 14.4. The summed E-state index contributed by atoms with van der Waals surface area (Å²) in [5.41, 5.74) is 3.96. The Bertz CT molecular complexity index is 870. The zero-order valence-electron chi connectivity index (χ0n) is 17.2. The number of carbonyl (C=O) groups excluding carboxylic acids is 1. The lowest BCUT2D eigenvalue weighted by Gasteiger charge is -2.40. The number of methoxy groups -OCH3 is 1. The van der Waals surface area contributed by atoms with E-state index in [0.29, 0.717) is 11.6 Å². The number of ether oxygens (including phenoxy) is 1. The molecule has 29 heavy (non-hydrogen) atoms. The van der Waals surface area contributed by atoms with E-state index in [1.165, 1.54) is 5.56 Å². The van der Waals surface area contributed by atoms with Crippen molar-refractivity contribution in [3.8, 4) is 5.75 Å². The van der Waals surface area contributed by atoms with Gasteiger partial charge in [0.15, 0.2) is 0 Å². The van der Waals surface area contributed by atoms with Crippen LogP contribution < -0.4 is 26.0 Å². The molecule has 0 aliphatic carbocycles. The van der Waals surface area contributed by atoms with Gasteiger partial charge in [-0.15, -0.1) is 0 Å². The lowest BCUT2D eigenvalue weighted by Crippen LogP contribution is -2.62. The minimum Gasteiger partial charge on any atom is -0.497 e. The van der Waals surface area contributed by atoms with Gasteiger partial charge >= 0.3 is 0 Å². The molecular weight excluding hydrogens is 366 g/mol. The third kappa shape index (κ3) is 3.94. The Hall–Kier alpha value is -2.61. The van der Waals surface area contributed by atoms with Crippen molar-refractivity contribution >= 4 is 11.6 Å². The molecule has 3 atom stereocenters. The molecule has 2 aliphatic rings. The van der Waals surface area contributed by atoms with Crippen LogP contribution in [0, 0.1) is 6.92 Å². The summed E-state index contributed by atoms with van der Waals surface area (Å²) in [6.07, 6.45) is 0.270. The van der Waals surface area contributed by atoms with E-state index in [4.69, 9.17) is 4.74 Å². The van der Waals surface area contributed by atoms with Crippen molar-refractivity contribution in [3.05, 3.63) is 59.2 Å². The average molecular weight is 396 g/mol. The number of benzene rings is 2. The molecule has 0 aromatic heterocycles. The first-order chi connectivity index (χ1) is 14.1. The number of piperazine rings is 1. The molecule has 0 bridgehead atoms. The molecule has 0 radical (unpaired) electrons. The monoisotopic (exact) mass is 395 g/mol. The molecule has 2 aliphatic heterocycles. The van der Waals surface area contributed by atoms with Gasteiger partial charge in [-0.25, -0.2) is 0 Å². The number of amides is 1. The molecule has 7 heteroatoms. The van der Waals surface area contributed by atoms with Crippen molar-refractivity contribution in [2.45, 2.75) is 25.3 Å². The standard InChI is InChI=1S/C22H29N5O2/c1-14-12-16(6-9-18(14)22(28)23-2)26-20-21-25-13-19(27(21)11-10-24-20)15-4-7-17(29-3)8-5-15/h4-9,12,19-21,24-26H,10-11,13H2,1-3H3,(H,23,28). The predicted molar refractivity (Wildman–Crippen MR) is 114 cm³/mol. The molecular formula is C22H29N5O2. The number of anilines is 1. The van der Waals surface area contributed by atoms with Gasteiger partial charge in [0, 0.05) is 44.0 Å². The van der Waals surface area contributed by atoms with Crippen LogP contribution in [0.5, 0.6) is 5.75 Å². The highest BCUT2D eigenvalue weighted by atomic mass is 16.5. The highest BCUT2D eigenvalue weighted by Crippen LogP contribution is 2.30. The number of rotatable bonds is 5. The molecule has 4 N–H and O–H groups in total. The SMILES string of the molecule is CNC(=O)c1ccc(NC2NCCN3C(c4ccc(OC)cc4)CNC23)cc1C. The van der Waals surface area contributed by atoms with E-state index in [1.54, 1.807) is 14.2 Å². The van der Waals surface area contributed by atoms with Crippen LogP contribution in [0.1, 0.15) is 27.5 Å². The number of nitrogens with zero attached hydrogens (tertiary/aromatic N) is 1. The maximum absolute atomic E-state index is 11.9. The molecule has 154 valence electrons. The van der Waals surface area contributed by atoms with Crippen LogP contribution in [0.3, 0.4) is 0 Å². The van der Waals surface area contributed by atoms with E-state index in [0.717, 1.165) is 36.6 Å². The quantitative estimate of drug-likeness (QED) is 0.617. The molecule has 2 heterocycles. The van der Waals surface area contributed by atoms with E-state index in [9.17, 15) is 4.79 Å². The summed E-state index contributed by atoms with van der Waals surface area (Å²) in [7, 11) is 3.34. The first-order valence-electron chi connectivity index (χ1n) is 10.1. The molecule has 2 fully saturated rings. The lowest BCUT2D eigenvalue weighted by atomic mass is 10.1. The van der Waals surface area contributed by atoms with Crippen molar-refractivity contribution in [2.75, 3.05) is 39.1 Å². The van der Waals surface area contributed by atoms with Gasteiger partial charge in [0.05, 0.1) is 13.3 Å². The Labute approximate surface area is 171 Å². The van der Waals surface area contributed by atoms with Gasteiger partial charge < -0.3 is 15.4 Å². The van der Waals surface area contributed by atoms with Gasteiger partial charge in [-0.3, -0.25) is 20.3 Å². The summed E-state index contributed by atoms with van der Waals surface area (Å²) < 4.78 is 5.29. The number of fused-ring (bicyclic) bond motifs is 1. The Morgan fingerprint density at radius 1 is 1.17 bits per heavy atom. The fraction of sp³-hybridized carbons (Fsp3) is 0.409. The van der Waals surface area contributed by atoms with E-state index >= 15 is 0 Å².